The molecule has 0 radical (unpaired) electrons. The van der Waals surface area contributed by atoms with Crippen LogP contribution in [0.1, 0.15) is 49.3 Å². The number of aryl methyl sites for hydroxylation is 1. The lowest BCUT2D eigenvalue weighted by Gasteiger charge is -2.18. The molecule has 3 aromatic carbocycles. The van der Waals surface area contributed by atoms with Crippen LogP contribution in [0.4, 0.5) is 5.69 Å². The molecule has 0 spiro atoms. The average Bonchev–Trinajstić information content (AvgIpc) is 3.46. The first-order valence-electron chi connectivity index (χ1n) is 10.9. The van der Waals surface area contributed by atoms with Crippen LogP contribution in [0.2, 0.25) is 0 Å². The number of rotatable bonds is 5. The summed E-state index contributed by atoms with van der Waals surface area (Å²) in [6, 6.07) is 20.8. The smallest absolute Gasteiger partial charge is 0.235 e. The number of benzene rings is 3. The summed E-state index contributed by atoms with van der Waals surface area (Å²) >= 11 is 0. The monoisotopic (exact) mass is 413 g/mol. The van der Waals surface area contributed by atoms with Crippen LogP contribution in [-0.4, -0.2) is 12.7 Å². The molecule has 5 rings (SSSR count). The van der Waals surface area contributed by atoms with Crippen molar-refractivity contribution in [2.75, 3.05) is 12.1 Å². The Kier molecular flexibility index (Phi) is 4.73. The van der Waals surface area contributed by atoms with Crippen LogP contribution in [-0.2, 0) is 10.2 Å². The van der Waals surface area contributed by atoms with Crippen LogP contribution in [0.3, 0.4) is 0 Å². The van der Waals surface area contributed by atoms with E-state index in [1.807, 2.05) is 25.1 Å². The minimum absolute atomic E-state index is 0.0433. The third-order valence-electron chi connectivity index (χ3n) is 6.51. The molecule has 0 aromatic heterocycles. The van der Waals surface area contributed by atoms with Gasteiger partial charge in [-0.25, -0.2) is 0 Å². The Labute approximate surface area is 183 Å². The maximum absolute atomic E-state index is 13.3. The Morgan fingerprint density at radius 2 is 1.61 bits per heavy atom. The minimum Gasteiger partial charge on any atom is -0.454 e. The van der Waals surface area contributed by atoms with Gasteiger partial charge < -0.3 is 14.8 Å². The summed E-state index contributed by atoms with van der Waals surface area (Å²) in [5.74, 6) is 2.01. The summed E-state index contributed by atoms with van der Waals surface area (Å²) in [7, 11) is 0. The van der Waals surface area contributed by atoms with Crippen molar-refractivity contribution in [1.82, 2.24) is 0 Å². The number of hydrogen-bond acceptors (Lipinski definition) is 3. The molecular formula is C27H27NO3. The van der Waals surface area contributed by atoms with Crippen molar-refractivity contribution in [2.24, 2.45) is 0 Å². The van der Waals surface area contributed by atoms with Crippen LogP contribution in [0.15, 0.2) is 60.7 Å². The second kappa shape index (κ2) is 7.45. The molecule has 1 aliphatic carbocycles. The van der Waals surface area contributed by atoms with Crippen molar-refractivity contribution in [3.63, 3.8) is 0 Å². The fourth-order valence-electron chi connectivity index (χ4n) is 4.20. The molecule has 4 nitrogen and oxygen atoms in total. The predicted octanol–water partition coefficient (Wildman–Crippen LogP) is 6.18. The van der Waals surface area contributed by atoms with Gasteiger partial charge in [0.2, 0.25) is 12.7 Å². The van der Waals surface area contributed by atoms with Crippen LogP contribution in [0.5, 0.6) is 11.5 Å². The molecule has 1 amide bonds. The minimum atomic E-state index is -0.484. The van der Waals surface area contributed by atoms with Crippen molar-refractivity contribution < 1.29 is 14.3 Å². The van der Waals surface area contributed by atoms with Crippen molar-refractivity contribution in [2.45, 2.75) is 44.9 Å². The van der Waals surface area contributed by atoms with Crippen LogP contribution >= 0.6 is 0 Å². The van der Waals surface area contributed by atoms with Gasteiger partial charge in [0.15, 0.2) is 11.5 Å². The zero-order valence-corrected chi connectivity index (χ0v) is 18.2. The molecule has 1 N–H and O–H groups in total. The summed E-state index contributed by atoms with van der Waals surface area (Å²) in [5, 5.41) is 3.21. The molecule has 1 fully saturated rings. The molecule has 0 atom stereocenters. The van der Waals surface area contributed by atoms with Gasteiger partial charge in [0.25, 0.3) is 0 Å². The highest BCUT2D eigenvalue weighted by molar-refractivity contribution is 6.02. The zero-order chi connectivity index (χ0) is 21.6. The largest absolute Gasteiger partial charge is 0.454 e. The molecule has 1 aliphatic heterocycles. The van der Waals surface area contributed by atoms with Gasteiger partial charge in [0.05, 0.1) is 5.41 Å². The number of nitrogens with one attached hydrogen (secondary N) is 1. The van der Waals surface area contributed by atoms with E-state index in [1.165, 1.54) is 5.56 Å². The maximum Gasteiger partial charge on any atom is 0.235 e. The number of anilines is 1. The summed E-state index contributed by atoms with van der Waals surface area (Å²) in [4.78, 5) is 13.3. The highest BCUT2D eigenvalue weighted by Gasteiger charge is 2.51. The molecule has 3 aromatic rings. The molecule has 31 heavy (non-hydrogen) atoms. The number of carbonyl (C=O) groups excluding carboxylic acids is 1. The summed E-state index contributed by atoms with van der Waals surface area (Å²) in [6.07, 6.45) is 1.68. The van der Waals surface area contributed by atoms with Crippen LogP contribution < -0.4 is 14.8 Å². The molecule has 4 heteroatoms. The van der Waals surface area contributed by atoms with E-state index >= 15 is 0 Å². The SMILES string of the molecule is Cc1ccc(-c2ccc(C(C)C)cc2)cc1NC(=O)C1(c2ccc3c(c2)OCO3)CC1. The Morgan fingerprint density at radius 3 is 2.32 bits per heavy atom. The second-order valence-electron chi connectivity index (χ2n) is 8.91. The first-order valence-corrected chi connectivity index (χ1v) is 10.9. The normalized spacial score (nSPS) is 15.7. The first-order chi connectivity index (χ1) is 15.0. The van der Waals surface area contributed by atoms with Gasteiger partial charge in [0, 0.05) is 5.69 Å². The number of fused-ring (bicyclic) bond motifs is 1. The molecule has 1 saturated carbocycles. The van der Waals surface area contributed by atoms with E-state index in [9.17, 15) is 4.79 Å². The summed E-state index contributed by atoms with van der Waals surface area (Å²) < 4.78 is 10.9. The van der Waals surface area contributed by atoms with Crippen molar-refractivity contribution in [3.05, 3.63) is 77.4 Å². The standard InChI is InChI=1S/C27H27NO3/c1-17(2)19-6-8-20(9-7-19)21-5-4-18(3)23(14-21)28-26(29)27(12-13-27)22-10-11-24-25(15-22)31-16-30-24/h4-11,14-15,17H,12-13,16H2,1-3H3,(H,28,29). The zero-order valence-electron chi connectivity index (χ0n) is 18.2. The summed E-state index contributed by atoms with van der Waals surface area (Å²) in [6.45, 7) is 6.66. The quantitative estimate of drug-likeness (QED) is 0.543. The van der Waals surface area contributed by atoms with E-state index < -0.39 is 5.41 Å². The van der Waals surface area contributed by atoms with Gasteiger partial charge in [-0.15, -0.1) is 0 Å². The number of ether oxygens (including phenoxy) is 2. The molecule has 158 valence electrons. The van der Waals surface area contributed by atoms with E-state index in [4.69, 9.17) is 9.47 Å². The number of hydrogen-bond donors (Lipinski definition) is 1. The number of carbonyl (C=O) groups is 1. The molecule has 0 bridgehead atoms. The lowest BCUT2D eigenvalue weighted by Crippen LogP contribution is -2.28. The third-order valence-corrected chi connectivity index (χ3v) is 6.51. The second-order valence-corrected chi connectivity index (χ2v) is 8.91. The van der Waals surface area contributed by atoms with E-state index in [2.05, 4.69) is 61.6 Å². The summed E-state index contributed by atoms with van der Waals surface area (Å²) in [5.41, 5.74) is 6.00. The maximum atomic E-state index is 13.3. The molecule has 0 unspecified atom stereocenters. The van der Waals surface area contributed by atoms with E-state index in [0.717, 1.165) is 52.3 Å². The lowest BCUT2D eigenvalue weighted by molar-refractivity contribution is -0.118. The average molecular weight is 414 g/mol. The Balaban J connectivity index is 1.39. The van der Waals surface area contributed by atoms with Gasteiger partial charge in [-0.2, -0.15) is 0 Å². The van der Waals surface area contributed by atoms with Gasteiger partial charge in [-0.3, -0.25) is 4.79 Å². The van der Waals surface area contributed by atoms with E-state index in [1.54, 1.807) is 0 Å². The Morgan fingerprint density at radius 1 is 0.903 bits per heavy atom. The predicted molar refractivity (Wildman–Crippen MR) is 123 cm³/mol. The highest BCUT2D eigenvalue weighted by Crippen LogP contribution is 2.51. The Hall–Kier alpha value is -3.27. The molecule has 0 saturated heterocycles. The lowest BCUT2D eigenvalue weighted by atomic mass is 9.94. The molecular weight excluding hydrogens is 386 g/mol. The van der Waals surface area contributed by atoms with E-state index in [0.29, 0.717) is 5.92 Å². The number of amides is 1. The fourth-order valence-corrected chi connectivity index (χ4v) is 4.20. The van der Waals surface area contributed by atoms with Gasteiger partial charge in [0.1, 0.15) is 0 Å². The Bertz CT molecular complexity index is 1140. The first kappa shape index (κ1) is 19.7. The fraction of sp³-hybridized carbons (Fsp3) is 0.296. The van der Waals surface area contributed by atoms with Crippen molar-refractivity contribution in [1.29, 1.82) is 0 Å². The van der Waals surface area contributed by atoms with Crippen molar-refractivity contribution in [3.8, 4) is 22.6 Å². The highest BCUT2D eigenvalue weighted by atomic mass is 16.7. The van der Waals surface area contributed by atoms with Gasteiger partial charge >= 0.3 is 0 Å². The topological polar surface area (TPSA) is 47.6 Å². The van der Waals surface area contributed by atoms with Crippen LogP contribution in [0, 0.1) is 6.92 Å². The van der Waals surface area contributed by atoms with E-state index in [-0.39, 0.29) is 12.7 Å². The van der Waals surface area contributed by atoms with Crippen molar-refractivity contribution >= 4 is 11.6 Å². The molecule has 2 aliphatic rings. The van der Waals surface area contributed by atoms with Gasteiger partial charge in [-0.05, 0) is 71.7 Å². The van der Waals surface area contributed by atoms with Gasteiger partial charge in [-0.1, -0.05) is 56.3 Å². The molecule has 1 heterocycles. The van der Waals surface area contributed by atoms with Crippen LogP contribution in [0.25, 0.3) is 11.1 Å². The third kappa shape index (κ3) is 3.56.